The first kappa shape index (κ1) is 16.4. The van der Waals surface area contributed by atoms with Crippen molar-refractivity contribution >= 4 is 17.7 Å². The van der Waals surface area contributed by atoms with Gasteiger partial charge in [0.25, 0.3) is 0 Å². The Balaban J connectivity index is 1.91. The molecule has 0 saturated carbocycles. The van der Waals surface area contributed by atoms with E-state index in [-0.39, 0.29) is 17.2 Å². The van der Waals surface area contributed by atoms with Crippen molar-refractivity contribution in [1.29, 1.82) is 0 Å². The highest BCUT2D eigenvalue weighted by molar-refractivity contribution is 8.00. The number of thioether (sulfide) groups is 1. The first-order valence-electron chi connectivity index (χ1n) is 7.26. The van der Waals surface area contributed by atoms with Crippen LogP contribution >= 0.6 is 11.8 Å². The standard InChI is InChI=1S/C18H21NO2S/c1-13(15-7-5-4-6-8-15)19-18(20)14(2)22-17-11-9-16(21-3)10-12-17/h4-14H,1-3H3,(H,19,20)/t13-,14-/m1/s1. The molecule has 2 atom stereocenters. The molecule has 0 heterocycles. The van der Waals surface area contributed by atoms with E-state index in [1.807, 2.05) is 68.4 Å². The van der Waals surface area contributed by atoms with Gasteiger partial charge in [0, 0.05) is 4.90 Å². The fraction of sp³-hybridized carbons (Fsp3) is 0.278. The average Bonchev–Trinajstić information content (AvgIpc) is 2.56. The lowest BCUT2D eigenvalue weighted by molar-refractivity contribution is -0.120. The molecule has 0 unspecified atom stereocenters. The number of rotatable bonds is 6. The number of carbonyl (C=O) groups is 1. The predicted octanol–water partition coefficient (Wildman–Crippen LogP) is 4.05. The summed E-state index contributed by atoms with van der Waals surface area (Å²) in [5.74, 6) is 0.858. The van der Waals surface area contributed by atoms with E-state index in [1.165, 1.54) is 0 Å². The van der Waals surface area contributed by atoms with Crippen molar-refractivity contribution in [2.24, 2.45) is 0 Å². The molecule has 0 aromatic heterocycles. The lowest BCUT2D eigenvalue weighted by Gasteiger charge is -2.17. The zero-order valence-corrected chi connectivity index (χ0v) is 13.9. The molecule has 0 spiro atoms. The maximum absolute atomic E-state index is 12.3. The third kappa shape index (κ3) is 4.53. The van der Waals surface area contributed by atoms with Crippen molar-refractivity contribution in [2.45, 2.75) is 30.0 Å². The molecular weight excluding hydrogens is 294 g/mol. The van der Waals surface area contributed by atoms with Crippen LogP contribution in [0.1, 0.15) is 25.5 Å². The van der Waals surface area contributed by atoms with E-state index in [1.54, 1.807) is 18.9 Å². The number of nitrogens with one attached hydrogen (secondary N) is 1. The molecular formula is C18H21NO2S. The molecule has 1 N–H and O–H groups in total. The Hall–Kier alpha value is -1.94. The molecule has 0 aliphatic heterocycles. The molecule has 4 heteroatoms. The number of carbonyl (C=O) groups excluding carboxylic acids is 1. The van der Waals surface area contributed by atoms with Crippen LogP contribution in [0.5, 0.6) is 5.75 Å². The quantitative estimate of drug-likeness (QED) is 0.817. The summed E-state index contributed by atoms with van der Waals surface area (Å²) < 4.78 is 5.13. The van der Waals surface area contributed by atoms with Crippen LogP contribution in [-0.4, -0.2) is 18.3 Å². The molecule has 1 amide bonds. The van der Waals surface area contributed by atoms with Crippen LogP contribution in [0, 0.1) is 0 Å². The number of benzene rings is 2. The van der Waals surface area contributed by atoms with Crippen LogP contribution in [0.2, 0.25) is 0 Å². The van der Waals surface area contributed by atoms with Gasteiger partial charge in [0.2, 0.25) is 5.91 Å². The first-order valence-corrected chi connectivity index (χ1v) is 8.14. The Morgan fingerprint density at radius 2 is 1.68 bits per heavy atom. The van der Waals surface area contributed by atoms with E-state index < -0.39 is 0 Å². The topological polar surface area (TPSA) is 38.3 Å². The molecule has 0 fully saturated rings. The van der Waals surface area contributed by atoms with Gasteiger partial charge in [-0.25, -0.2) is 0 Å². The highest BCUT2D eigenvalue weighted by Gasteiger charge is 2.17. The van der Waals surface area contributed by atoms with Gasteiger partial charge in [0.05, 0.1) is 18.4 Å². The van der Waals surface area contributed by atoms with Gasteiger partial charge in [0.1, 0.15) is 5.75 Å². The van der Waals surface area contributed by atoms with Gasteiger partial charge in [-0.05, 0) is 43.7 Å². The van der Waals surface area contributed by atoms with E-state index >= 15 is 0 Å². The fourth-order valence-electron chi connectivity index (χ4n) is 2.07. The molecule has 2 aromatic carbocycles. The molecule has 0 bridgehead atoms. The number of hydrogen-bond donors (Lipinski definition) is 1. The first-order chi connectivity index (χ1) is 10.6. The smallest absolute Gasteiger partial charge is 0.233 e. The minimum Gasteiger partial charge on any atom is -0.497 e. The van der Waals surface area contributed by atoms with Gasteiger partial charge in [0.15, 0.2) is 0 Å². The Labute approximate surface area is 136 Å². The molecule has 116 valence electrons. The van der Waals surface area contributed by atoms with Gasteiger partial charge in [-0.15, -0.1) is 11.8 Å². The normalized spacial score (nSPS) is 13.2. The van der Waals surface area contributed by atoms with Gasteiger partial charge in [-0.2, -0.15) is 0 Å². The summed E-state index contributed by atoms with van der Waals surface area (Å²) in [5, 5.41) is 2.90. The molecule has 2 rings (SSSR count). The van der Waals surface area contributed by atoms with Crippen LogP contribution in [0.4, 0.5) is 0 Å². The van der Waals surface area contributed by atoms with Crippen LogP contribution in [0.15, 0.2) is 59.5 Å². The molecule has 3 nitrogen and oxygen atoms in total. The van der Waals surface area contributed by atoms with Crippen molar-refractivity contribution in [2.75, 3.05) is 7.11 Å². The van der Waals surface area contributed by atoms with Gasteiger partial charge < -0.3 is 10.1 Å². The highest BCUT2D eigenvalue weighted by Crippen LogP contribution is 2.26. The largest absolute Gasteiger partial charge is 0.497 e. The minimum absolute atomic E-state index is 0.00705. The summed E-state index contributed by atoms with van der Waals surface area (Å²) in [6.45, 7) is 3.92. The van der Waals surface area contributed by atoms with Crippen molar-refractivity contribution in [1.82, 2.24) is 5.32 Å². The Kier molecular flexibility index (Phi) is 5.90. The van der Waals surface area contributed by atoms with Crippen LogP contribution in [0.25, 0.3) is 0 Å². The van der Waals surface area contributed by atoms with Crippen LogP contribution in [-0.2, 0) is 4.79 Å². The molecule has 22 heavy (non-hydrogen) atoms. The summed E-state index contributed by atoms with van der Waals surface area (Å²) in [4.78, 5) is 13.3. The van der Waals surface area contributed by atoms with Crippen molar-refractivity contribution in [3.05, 3.63) is 60.2 Å². The monoisotopic (exact) mass is 315 g/mol. The van der Waals surface area contributed by atoms with E-state index in [0.29, 0.717) is 0 Å². The minimum atomic E-state index is -0.153. The number of methoxy groups -OCH3 is 1. The second-order valence-electron chi connectivity index (χ2n) is 5.08. The van der Waals surface area contributed by atoms with Gasteiger partial charge >= 0.3 is 0 Å². The third-order valence-electron chi connectivity index (χ3n) is 3.40. The van der Waals surface area contributed by atoms with Crippen LogP contribution in [0.3, 0.4) is 0 Å². The maximum atomic E-state index is 12.3. The molecule has 0 aliphatic carbocycles. The van der Waals surface area contributed by atoms with E-state index in [2.05, 4.69) is 5.32 Å². The number of amides is 1. The third-order valence-corrected chi connectivity index (χ3v) is 4.51. The summed E-state index contributed by atoms with van der Waals surface area (Å²) in [6, 6.07) is 17.7. The zero-order valence-electron chi connectivity index (χ0n) is 13.1. The van der Waals surface area contributed by atoms with E-state index in [4.69, 9.17) is 4.74 Å². The second-order valence-corrected chi connectivity index (χ2v) is 6.49. The average molecular weight is 315 g/mol. The van der Waals surface area contributed by atoms with Gasteiger partial charge in [-0.3, -0.25) is 4.79 Å². The SMILES string of the molecule is COc1ccc(S[C@H](C)C(=O)N[C@H](C)c2ccccc2)cc1. The van der Waals surface area contributed by atoms with E-state index in [0.717, 1.165) is 16.2 Å². The molecule has 0 saturated heterocycles. The van der Waals surface area contributed by atoms with E-state index in [9.17, 15) is 4.79 Å². The fourth-order valence-corrected chi connectivity index (χ4v) is 2.94. The number of hydrogen-bond acceptors (Lipinski definition) is 3. The second kappa shape index (κ2) is 7.90. The van der Waals surface area contributed by atoms with Crippen molar-refractivity contribution < 1.29 is 9.53 Å². The Morgan fingerprint density at radius 1 is 1.05 bits per heavy atom. The summed E-state index contributed by atoms with van der Waals surface area (Å²) >= 11 is 1.54. The lowest BCUT2D eigenvalue weighted by atomic mass is 10.1. The predicted molar refractivity (Wildman–Crippen MR) is 91.3 cm³/mol. The highest BCUT2D eigenvalue weighted by atomic mass is 32.2. The lowest BCUT2D eigenvalue weighted by Crippen LogP contribution is -2.33. The summed E-state index contributed by atoms with van der Waals surface area (Å²) in [6.07, 6.45) is 0. The van der Waals surface area contributed by atoms with Crippen LogP contribution < -0.4 is 10.1 Å². The molecule has 0 aliphatic rings. The Morgan fingerprint density at radius 3 is 2.27 bits per heavy atom. The zero-order chi connectivity index (χ0) is 15.9. The Bertz CT molecular complexity index is 598. The molecule has 2 aromatic rings. The molecule has 0 radical (unpaired) electrons. The van der Waals surface area contributed by atoms with Crippen molar-refractivity contribution in [3.63, 3.8) is 0 Å². The van der Waals surface area contributed by atoms with Crippen molar-refractivity contribution in [3.8, 4) is 5.75 Å². The summed E-state index contributed by atoms with van der Waals surface area (Å²) in [5.41, 5.74) is 1.11. The summed E-state index contributed by atoms with van der Waals surface area (Å²) in [7, 11) is 1.64. The number of ether oxygens (including phenoxy) is 1. The van der Waals surface area contributed by atoms with Gasteiger partial charge in [-0.1, -0.05) is 30.3 Å². The maximum Gasteiger partial charge on any atom is 0.233 e.